The van der Waals surface area contributed by atoms with Crippen molar-refractivity contribution < 1.29 is 43.3 Å². The first-order valence-corrected chi connectivity index (χ1v) is 25.4. The van der Waals surface area contributed by atoms with Crippen molar-refractivity contribution in [2.75, 3.05) is 20.3 Å². The molecule has 4 saturated carbocycles. The molecule has 16 nitrogen and oxygen atoms in total. The quantitative estimate of drug-likeness (QED) is 0.0583. The second-order valence-corrected chi connectivity index (χ2v) is 21.4. The molecule has 16 heteroatoms. The minimum atomic E-state index is -1.34. The molecule has 0 bridgehead atoms. The summed E-state index contributed by atoms with van der Waals surface area (Å²) in [7, 11) is 1.84. The van der Waals surface area contributed by atoms with Gasteiger partial charge in [0.1, 0.15) is 18.2 Å². The van der Waals surface area contributed by atoms with Crippen LogP contribution in [0.3, 0.4) is 0 Å². The van der Waals surface area contributed by atoms with E-state index in [4.69, 9.17) is 25.7 Å². The number of carbonyl (C=O) groups is 5. The smallest absolute Gasteiger partial charge is 0.305 e. The first kappa shape index (κ1) is 50.6. The van der Waals surface area contributed by atoms with E-state index in [1.54, 1.807) is 6.92 Å². The zero-order valence-corrected chi connectivity index (χ0v) is 40.4. The molecule has 67 heavy (non-hydrogen) atoms. The fraction of sp³-hybridized carbons (Fsp3) is 0.765. The van der Waals surface area contributed by atoms with Crippen LogP contribution in [-0.4, -0.2) is 97.0 Å². The number of nitrogens with one attached hydrogen (secondary N) is 4. The third kappa shape index (κ3) is 11.3. The van der Waals surface area contributed by atoms with E-state index in [2.05, 4.69) is 40.1 Å². The van der Waals surface area contributed by atoms with Crippen molar-refractivity contribution >= 4 is 35.6 Å². The van der Waals surface area contributed by atoms with Crippen LogP contribution in [0.5, 0.6) is 0 Å². The molecule has 0 aromatic heterocycles. The van der Waals surface area contributed by atoms with Crippen molar-refractivity contribution in [2.45, 2.75) is 179 Å². The lowest BCUT2D eigenvalue weighted by molar-refractivity contribution is -0.348. The Balaban J connectivity index is 1.09. The lowest BCUT2D eigenvalue weighted by Crippen LogP contribution is -2.66. The second-order valence-electron chi connectivity index (χ2n) is 21.4. The number of carbonyl (C=O) groups excluding carboxylic acids is 4. The number of methoxy groups -OCH3 is 1. The third-order valence-electron chi connectivity index (χ3n) is 17.6. The molecule has 7 rings (SSSR count). The van der Waals surface area contributed by atoms with Crippen LogP contribution in [0.25, 0.3) is 0 Å². The number of aliphatic imine (C=N–C) groups is 1. The van der Waals surface area contributed by atoms with E-state index >= 15 is 0 Å². The predicted molar refractivity (Wildman–Crippen MR) is 253 cm³/mol. The van der Waals surface area contributed by atoms with Crippen LogP contribution < -0.4 is 32.7 Å². The number of nitrogens with two attached hydrogens (primary N) is 2. The number of carboxylic acid groups (broad SMARTS) is 1. The highest BCUT2D eigenvalue weighted by atomic mass is 16.7. The maximum atomic E-state index is 14.8. The van der Waals surface area contributed by atoms with Gasteiger partial charge < -0.3 is 52.1 Å². The van der Waals surface area contributed by atoms with E-state index in [0.29, 0.717) is 49.7 Å². The molecular formula is C51H79N7O9. The van der Waals surface area contributed by atoms with E-state index in [1.165, 1.54) is 0 Å². The number of amides is 4. The Bertz CT molecular complexity index is 1920. The number of ether oxygens (including phenoxy) is 3. The summed E-state index contributed by atoms with van der Waals surface area (Å²) in [5, 5.41) is 21.5. The summed E-state index contributed by atoms with van der Waals surface area (Å²) < 4.78 is 19.5. The second kappa shape index (κ2) is 22.0. The summed E-state index contributed by atoms with van der Waals surface area (Å²) in [5.74, 6) is -3.33. The molecule has 13 atom stereocenters. The number of benzene rings is 1. The van der Waals surface area contributed by atoms with Crippen LogP contribution in [0.1, 0.15) is 142 Å². The summed E-state index contributed by atoms with van der Waals surface area (Å²) in [6.45, 7) is 7.53. The molecule has 9 N–H and O–H groups in total. The van der Waals surface area contributed by atoms with Crippen molar-refractivity contribution in [3.63, 3.8) is 0 Å². The highest BCUT2D eigenvalue weighted by molar-refractivity contribution is 5.92. The molecule has 2 saturated heterocycles. The van der Waals surface area contributed by atoms with Gasteiger partial charge in [0.05, 0.1) is 25.0 Å². The minimum absolute atomic E-state index is 0.0688. The number of fused-ring (bicyclic) bond motifs is 6. The largest absolute Gasteiger partial charge is 0.481 e. The number of aliphatic carboxylic acids is 1. The standard InChI is InChI=1S/C51H79N7O9/c1-31(44(61)57-40(29-42(59)60)45(62)55-30-32-13-7-5-8-14-32)43(33-15-9-6-10-16-33)58-46(63)39(17-11-25-54-48(52)53)56-47(64)41-28-38-36-19-18-34-27-35(65-4)20-23-49(34,2)37(36)21-24-50(38,3)51(67-41)22-12-26-66-51/h5,7-8,13-14,31,33-41,43H,6,9-12,15-30H2,1-4H3,(H,55,62)(H,56,64)(H,57,61)(H,58,63)(H,59,60)(H4,52,53,54)/t31-,34-,35-,36+,37-,38-,39-,40-,41+,43+,49-,50-,51-/m0/s1. The van der Waals surface area contributed by atoms with Crippen molar-refractivity contribution in [1.82, 2.24) is 21.3 Å². The molecule has 2 aliphatic heterocycles. The average molecular weight is 934 g/mol. The number of nitrogens with zero attached hydrogens (tertiary/aromatic N) is 1. The maximum Gasteiger partial charge on any atom is 0.305 e. The third-order valence-corrected chi connectivity index (χ3v) is 17.6. The molecule has 1 aromatic carbocycles. The van der Waals surface area contributed by atoms with E-state index in [-0.39, 0.29) is 54.0 Å². The van der Waals surface area contributed by atoms with Crippen LogP contribution in [0.4, 0.5) is 0 Å². The zero-order chi connectivity index (χ0) is 47.9. The molecule has 1 aromatic rings. The molecule has 6 fully saturated rings. The molecule has 4 amide bonds. The van der Waals surface area contributed by atoms with Gasteiger partial charge in [0.25, 0.3) is 0 Å². The molecule has 2 heterocycles. The fourth-order valence-electron chi connectivity index (χ4n) is 13.8. The summed E-state index contributed by atoms with van der Waals surface area (Å²) in [6.07, 6.45) is 13.7. The summed E-state index contributed by atoms with van der Waals surface area (Å²) in [6, 6.07) is 6.19. The number of hydrogen-bond donors (Lipinski definition) is 7. The van der Waals surface area contributed by atoms with Gasteiger partial charge in [-0.3, -0.25) is 29.0 Å². The Morgan fingerprint density at radius 1 is 0.851 bits per heavy atom. The SMILES string of the molecule is CO[C@H]1CC[C@@]2(C)[C@@H](CC[C@@H]3[C@@H]2CC[C@@]2(C)[C@H]3C[C@H](C(=O)N[C@@H](CCCN=C(N)N)C(=O)N[C@@H](C3CCCCC3)[C@H](C)C(=O)N[C@@H](CC(=O)O)C(=O)NCc3ccccc3)O[C@@]23CCCO3)C1. The molecule has 372 valence electrons. The Morgan fingerprint density at radius 3 is 2.30 bits per heavy atom. The van der Waals surface area contributed by atoms with Gasteiger partial charge in [-0.2, -0.15) is 0 Å². The molecule has 0 unspecified atom stereocenters. The number of rotatable bonds is 18. The van der Waals surface area contributed by atoms with E-state index in [9.17, 15) is 29.1 Å². The summed E-state index contributed by atoms with van der Waals surface area (Å²) in [5.41, 5.74) is 12.1. The molecule has 6 aliphatic rings. The van der Waals surface area contributed by atoms with Crippen LogP contribution in [0.2, 0.25) is 0 Å². The normalized spacial score (nSPS) is 33.3. The van der Waals surface area contributed by atoms with E-state index in [1.807, 2.05) is 37.4 Å². The van der Waals surface area contributed by atoms with E-state index in [0.717, 1.165) is 89.0 Å². The van der Waals surface area contributed by atoms with Gasteiger partial charge in [0.2, 0.25) is 23.6 Å². The van der Waals surface area contributed by atoms with Crippen LogP contribution in [0, 0.1) is 46.3 Å². The summed E-state index contributed by atoms with van der Waals surface area (Å²) in [4.78, 5) is 73.1. The van der Waals surface area contributed by atoms with Gasteiger partial charge >= 0.3 is 5.97 Å². The molecule has 4 aliphatic carbocycles. The molecule has 0 radical (unpaired) electrons. The van der Waals surface area contributed by atoms with Crippen molar-refractivity contribution in [3.05, 3.63) is 35.9 Å². The number of carboxylic acids is 1. The van der Waals surface area contributed by atoms with Crippen molar-refractivity contribution in [2.24, 2.45) is 62.8 Å². The number of hydrogen-bond acceptors (Lipinski definition) is 9. The predicted octanol–water partition coefficient (Wildman–Crippen LogP) is 5.06. The van der Waals surface area contributed by atoms with E-state index < -0.39 is 66.0 Å². The van der Waals surface area contributed by atoms with Gasteiger partial charge in [0.15, 0.2) is 11.7 Å². The average Bonchev–Trinajstić information content (AvgIpc) is 3.80. The Kier molecular flexibility index (Phi) is 16.6. The Morgan fingerprint density at radius 2 is 1.61 bits per heavy atom. The molecular weight excluding hydrogens is 855 g/mol. The van der Waals surface area contributed by atoms with Crippen LogP contribution in [0.15, 0.2) is 35.3 Å². The molecule has 1 spiro atoms. The van der Waals surface area contributed by atoms with Crippen LogP contribution >= 0.6 is 0 Å². The maximum absolute atomic E-state index is 14.8. The fourth-order valence-corrected chi connectivity index (χ4v) is 13.8. The first-order chi connectivity index (χ1) is 32.1. The highest BCUT2D eigenvalue weighted by Crippen LogP contribution is 2.68. The van der Waals surface area contributed by atoms with Gasteiger partial charge in [-0.25, -0.2) is 0 Å². The van der Waals surface area contributed by atoms with Crippen LogP contribution in [-0.2, 0) is 44.7 Å². The topological polar surface area (TPSA) is 246 Å². The highest BCUT2D eigenvalue weighted by Gasteiger charge is 2.67. The van der Waals surface area contributed by atoms with Crippen molar-refractivity contribution in [3.8, 4) is 0 Å². The lowest BCUT2D eigenvalue weighted by Gasteiger charge is -2.66. The van der Waals surface area contributed by atoms with Gasteiger partial charge in [-0.05, 0) is 124 Å². The first-order valence-electron chi connectivity index (χ1n) is 25.4. The monoisotopic (exact) mass is 934 g/mol. The summed E-state index contributed by atoms with van der Waals surface area (Å²) >= 11 is 0. The van der Waals surface area contributed by atoms with Crippen molar-refractivity contribution in [1.29, 1.82) is 0 Å². The minimum Gasteiger partial charge on any atom is -0.481 e. The Labute approximate surface area is 397 Å². The Hall–Kier alpha value is -4.28. The lowest BCUT2D eigenvalue weighted by atomic mass is 9.42. The van der Waals surface area contributed by atoms with Gasteiger partial charge in [-0.15, -0.1) is 0 Å². The van der Waals surface area contributed by atoms with Gasteiger partial charge in [0, 0.05) is 38.1 Å². The number of guanidine groups is 1. The van der Waals surface area contributed by atoms with Gasteiger partial charge in [-0.1, -0.05) is 70.4 Å². The zero-order valence-electron chi connectivity index (χ0n) is 40.4.